The molecule has 0 saturated carbocycles. The molecule has 3 N–H and O–H groups in total. The number of nitrogens with one attached hydrogen (secondary N) is 3. The van der Waals surface area contributed by atoms with Crippen LogP contribution in [0.5, 0.6) is 0 Å². The first-order valence-electron chi connectivity index (χ1n) is 8.60. The quantitative estimate of drug-likeness (QED) is 0.755. The SMILES string of the molecule is CCC(Cc1ccsc1)NC(=O)NC[C@@H]1Cc2ccccc2CN1. The zero-order valence-electron chi connectivity index (χ0n) is 14.0. The van der Waals surface area contributed by atoms with Crippen molar-refractivity contribution in [2.75, 3.05) is 6.54 Å². The number of amides is 2. The van der Waals surface area contributed by atoms with Crippen molar-refractivity contribution in [2.45, 2.75) is 44.8 Å². The number of rotatable bonds is 6. The lowest BCUT2D eigenvalue weighted by molar-refractivity contribution is 0.234. The molecule has 24 heavy (non-hydrogen) atoms. The predicted octanol–water partition coefficient (Wildman–Crippen LogP) is 3.08. The molecule has 0 bridgehead atoms. The van der Waals surface area contributed by atoms with E-state index >= 15 is 0 Å². The van der Waals surface area contributed by atoms with E-state index in [0.717, 1.165) is 25.8 Å². The van der Waals surface area contributed by atoms with Crippen LogP contribution in [0, 0.1) is 0 Å². The molecule has 128 valence electrons. The highest BCUT2D eigenvalue weighted by Gasteiger charge is 2.18. The van der Waals surface area contributed by atoms with Gasteiger partial charge in [-0.1, -0.05) is 31.2 Å². The third kappa shape index (κ3) is 4.58. The molecule has 2 aromatic rings. The van der Waals surface area contributed by atoms with Gasteiger partial charge in [0.1, 0.15) is 0 Å². The summed E-state index contributed by atoms with van der Waals surface area (Å²) in [6.45, 7) is 3.63. The van der Waals surface area contributed by atoms with E-state index in [1.54, 1.807) is 11.3 Å². The van der Waals surface area contributed by atoms with Crippen LogP contribution in [-0.4, -0.2) is 24.7 Å². The summed E-state index contributed by atoms with van der Waals surface area (Å²) in [5.74, 6) is 0. The lowest BCUT2D eigenvalue weighted by Crippen LogP contribution is -2.49. The number of hydrogen-bond donors (Lipinski definition) is 3. The smallest absolute Gasteiger partial charge is 0.315 e. The molecule has 2 amide bonds. The average molecular weight is 343 g/mol. The third-order valence-corrected chi connectivity index (χ3v) is 5.30. The van der Waals surface area contributed by atoms with Gasteiger partial charge in [0, 0.05) is 25.2 Å². The highest BCUT2D eigenvalue weighted by atomic mass is 32.1. The molecule has 0 saturated heterocycles. The largest absolute Gasteiger partial charge is 0.337 e. The number of benzene rings is 1. The number of hydrogen-bond acceptors (Lipinski definition) is 3. The lowest BCUT2D eigenvalue weighted by Gasteiger charge is -2.26. The molecule has 5 heteroatoms. The van der Waals surface area contributed by atoms with Crippen LogP contribution >= 0.6 is 11.3 Å². The van der Waals surface area contributed by atoms with Gasteiger partial charge in [-0.15, -0.1) is 0 Å². The Labute approximate surface area is 147 Å². The monoisotopic (exact) mass is 343 g/mol. The van der Waals surface area contributed by atoms with E-state index in [9.17, 15) is 4.79 Å². The van der Waals surface area contributed by atoms with E-state index < -0.39 is 0 Å². The number of thiophene rings is 1. The molecule has 1 aromatic carbocycles. The molecule has 0 aliphatic carbocycles. The highest BCUT2D eigenvalue weighted by Crippen LogP contribution is 2.15. The van der Waals surface area contributed by atoms with Gasteiger partial charge in [0.25, 0.3) is 0 Å². The van der Waals surface area contributed by atoms with E-state index in [-0.39, 0.29) is 12.1 Å². The van der Waals surface area contributed by atoms with Crippen molar-refractivity contribution in [3.05, 3.63) is 57.8 Å². The Hall–Kier alpha value is -1.85. The summed E-state index contributed by atoms with van der Waals surface area (Å²) < 4.78 is 0. The average Bonchev–Trinajstić information content (AvgIpc) is 3.12. The molecule has 0 radical (unpaired) electrons. The molecule has 1 aliphatic heterocycles. The summed E-state index contributed by atoms with van der Waals surface area (Å²) in [6.07, 6.45) is 2.78. The minimum Gasteiger partial charge on any atom is -0.337 e. The van der Waals surface area contributed by atoms with E-state index in [4.69, 9.17) is 0 Å². The van der Waals surface area contributed by atoms with Crippen molar-refractivity contribution in [3.8, 4) is 0 Å². The standard InChI is InChI=1S/C19H25N3OS/c1-2-17(9-14-7-8-24-13-14)22-19(23)21-12-18-10-15-5-3-4-6-16(15)11-20-18/h3-8,13,17-18,20H,2,9-12H2,1H3,(H2,21,22,23)/t17?,18-/m0/s1. The Bertz CT molecular complexity index is 656. The molecule has 1 aromatic heterocycles. The first-order chi connectivity index (χ1) is 11.7. The fraction of sp³-hybridized carbons (Fsp3) is 0.421. The van der Waals surface area contributed by atoms with Crippen LogP contribution < -0.4 is 16.0 Å². The molecule has 3 rings (SSSR count). The fourth-order valence-corrected chi connectivity index (χ4v) is 3.79. The van der Waals surface area contributed by atoms with Crippen LogP contribution in [0.25, 0.3) is 0 Å². The molecular weight excluding hydrogens is 318 g/mol. The molecular formula is C19H25N3OS. The minimum atomic E-state index is -0.0715. The summed E-state index contributed by atoms with van der Waals surface area (Å²) in [6, 6.07) is 11.0. The maximum Gasteiger partial charge on any atom is 0.315 e. The van der Waals surface area contributed by atoms with Crippen molar-refractivity contribution in [3.63, 3.8) is 0 Å². The maximum absolute atomic E-state index is 12.2. The zero-order valence-corrected chi connectivity index (χ0v) is 14.9. The first-order valence-corrected chi connectivity index (χ1v) is 9.54. The molecule has 0 spiro atoms. The number of carbonyl (C=O) groups is 1. The maximum atomic E-state index is 12.2. The fourth-order valence-electron chi connectivity index (χ4n) is 3.11. The summed E-state index contributed by atoms with van der Waals surface area (Å²) in [7, 11) is 0. The Morgan fingerprint density at radius 3 is 2.92 bits per heavy atom. The Balaban J connectivity index is 1.44. The van der Waals surface area contributed by atoms with Crippen LogP contribution in [0.3, 0.4) is 0 Å². The van der Waals surface area contributed by atoms with E-state index in [2.05, 4.69) is 64.0 Å². The van der Waals surface area contributed by atoms with E-state index in [1.807, 2.05) is 0 Å². The van der Waals surface area contributed by atoms with E-state index in [0.29, 0.717) is 12.6 Å². The van der Waals surface area contributed by atoms with Crippen molar-refractivity contribution in [1.29, 1.82) is 0 Å². The van der Waals surface area contributed by atoms with Crippen LogP contribution in [0.1, 0.15) is 30.0 Å². The summed E-state index contributed by atoms with van der Waals surface area (Å²) in [5.41, 5.74) is 4.03. The highest BCUT2D eigenvalue weighted by molar-refractivity contribution is 7.07. The van der Waals surface area contributed by atoms with Crippen LogP contribution in [0.2, 0.25) is 0 Å². The summed E-state index contributed by atoms with van der Waals surface area (Å²) in [4.78, 5) is 12.2. The number of urea groups is 1. The third-order valence-electron chi connectivity index (χ3n) is 4.57. The van der Waals surface area contributed by atoms with Gasteiger partial charge in [0.05, 0.1) is 0 Å². The van der Waals surface area contributed by atoms with Gasteiger partial charge >= 0.3 is 6.03 Å². The van der Waals surface area contributed by atoms with Crippen LogP contribution in [-0.2, 0) is 19.4 Å². The topological polar surface area (TPSA) is 53.2 Å². The lowest BCUT2D eigenvalue weighted by atomic mass is 9.96. The van der Waals surface area contributed by atoms with E-state index in [1.165, 1.54) is 16.7 Å². The Morgan fingerprint density at radius 2 is 2.17 bits per heavy atom. The van der Waals surface area contributed by atoms with Crippen LogP contribution in [0.15, 0.2) is 41.1 Å². The second-order valence-electron chi connectivity index (χ2n) is 6.35. The number of carbonyl (C=O) groups excluding carboxylic acids is 1. The van der Waals surface area contributed by atoms with Gasteiger partial charge in [0.2, 0.25) is 0 Å². The Morgan fingerprint density at radius 1 is 1.33 bits per heavy atom. The molecule has 1 unspecified atom stereocenters. The first kappa shape index (κ1) is 17.0. The van der Waals surface area contributed by atoms with Gasteiger partial charge < -0.3 is 16.0 Å². The van der Waals surface area contributed by atoms with Gasteiger partial charge in [-0.2, -0.15) is 11.3 Å². The van der Waals surface area contributed by atoms with Crippen molar-refractivity contribution in [1.82, 2.24) is 16.0 Å². The normalized spacial score (nSPS) is 17.8. The number of fused-ring (bicyclic) bond motifs is 1. The second-order valence-corrected chi connectivity index (χ2v) is 7.13. The van der Waals surface area contributed by atoms with Crippen molar-refractivity contribution in [2.24, 2.45) is 0 Å². The predicted molar refractivity (Wildman–Crippen MR) is 99.4 cm³/mol. The molecule has 2 atom stereocenters. The van der Waals surface area contributed by atoms with Crippen molar-refractivity contribution < 1.29 is 4.79 Å². The molecule has 1 aliphatic rings. The Kier molecular flexibility index (Phi) is 5.88. The van der Waals surface area contributed by atoms with Gasteiger partial charge in [-0.3, -0.25) is 0 Å². The molecule has 4 nitrogen and oxygen atoms in total. The molecule has 0 fully saturated rings. The summed E-state index contributed by atoms with van der Waals surface area (Å²) >= 11 is 1.70. The zero-order chi connectivity index (χ0) is 16.8. The molecule has 2 heterocycles. The minimum absolute atomic E-state index is 0.0715. The van der Waals surface area contributed by atoms with Gasteiger partial charge in [-0.25, -0.2) is 4.79 Å². The van der Waals surface area contributed by atoms with Crippen LogP contribution in [0.4, 0.5) is 4.79 Å². The second kappa shape index (κ2) is 8.31. The van der Waals surface area contributed by atoms with Gasteiger partial charge in [0.15, 0.2) is 0 Å². The van der Waals surface area contributed by atoms with Crippen molar-refractivity contribution >= 4 is 17.4 Å². The summed E-state index contributed by atoms with van der Waals surface area (Å²) in [5, 5.41) is 13.8. The van der Waals surface area contributed by atoms with Gasteiger partial charge in [-0.05, 0) is 52.8 Å².